The van der Waals surface area contributed by atoms with Crippen molar-refractivity contribution in [1.82, 2.24) is 5.32 Å². The molecular weight excluding hydrogens is 266 g/mol. The van der Waals surface area contributed by atoms with E-state index in [1.807, 2.05) is 0 Å². The lowest BCUT2D eigenvalue weighted by molar-refractivity contribution is 0.0661. The highest BCUT2D eigenvalue weighted by molar-refractivity contribution is 5.84. The zero-order chi connectivity index (χ0) is 15.4. The lowest BCUT2D eigenvalue weighted by Crippen LogP contribution is -2.18. The molecule has 1 heterocycles. The van der Waals surface area contributed by atoms with E-state index in [0.29, 0.717) is 12.3 Å². The summed E-state index contributed by atoms with van der Waals surface area (Å²) in [4.78, 5) is 10.9. The molecule has 0 aliphatic carbocycles. The molecule has 1 atom stereocenters. The Hall–Kier alpha value is -2.07. The maximum atomic E-state index is 10.9. The second-order valence-corrected chi connectivity index (χ2v) is 5.19. The molecule has 0 saturated carbocycles. The number of nitrogens with one attached hydrogen (secondary N) is 1. The molecule has 4 nitrogen and oxygen atoms in total. The van der Waals surface area contributed by atoms with E-state index in [0.717, 1.165) is 12.0 Å². The van der Waals surface area contributed by atoms with Gasteiger partial charge in [0.05, 0.1) is 0 Å². The van der Waals surface area contributed by atoms with E-state index in [1.165, 1.54) is 11.1 Å². The molecule has 0 amide bonds. The normalized spacial score (nSPS) is 12.3. The van der Waals surface area contributed by atoms with Crippen molar-refractivity contribution in [2.24, 2.45) is 0 Å². The Labute approximate surface area is 124 Å². The van der Waals surface area contributed by atoms with Crippen molar-refractivity contribution >= 4 is 5.97 Å². The van der Waals surface area contributed by atoms with Gasteiger partial charge in [-0.15, -0.1) is 0 Å². The summed E-state index contributed by atoms with van der Waals surface area (Å²) < 4.78 is 5.20. The van der Waals surface area contributed by atoms with Gasteiger partial charge in [0.15, 0.2) is 0 Å². The van der Waals surface area contributed by atoms with E-state index in [2.05, 4.69) is 43.4 Å². The molecule has 0 aliphatic heterocycles. The van der Waals surface area contributed by atoms with E-state index < -0.39 is 5.97 Å². The number of carbonyl (C=O) groups is 1. The first-order valence-electron chi connectivity index (χ1n) is 7.16. The van der Waals surface area contributed by atoms with Gasteiger partial charge in [0.25, 0.3) is 0 Å². The first-order chi connectivity index (χ1) is 10.0. The van der Waals surface area contributed by atoms with Crippen LogP contribution in [0.1, 0.15) is 52.9 Å². The Balaban J connectivity index is 1.99. The lowest BCUT2D eigenvalue weighted by atomic mass is 10.0. The van der Waals surface area contributed by atoms with Gasteiger partial charge in [-0.25, -0.2) is 4.79 Å². The van der Waals surface area contributed by atoms with Gasteiger partial charge in [-0.05, 0) is 37.5 Å². The van der Waals surface area contributed by atoms with Gasteiger partial charge >= 0.3 is 5.97 Å². The third kappa shape index (κ3) is 3.73. The maximum Gasteiger partial charge on any atom is 0.371 e. The number of carboxylic acids is 1. The number of hydrogen-bond acceptors (Lipinski definition) is 3. The summed E-state index contributed by atoms with van der Waals surface area (Å²) in [7, 11) is 0. The van der Waals surface area contributed by atoms with E-state index >= 15 is 0 Å². The van der Waals surface area contributed by atoms with Gasteiger partial charge in [-0.1, -0.05) is 31.2 Å². The van der Waals surface area contributed by atoms with Crippen LogP contribution in [0, 0.1) is 6.92 Å². The Kier molecular flexibility index (Phi) is 4.81. The predicted molar refractivity (Wildman–Crippen MR) is 81.5 cm³/mol. The Morgan fingerprint density at radius 1 is 1.33 bits per heavy atom. The molecule has 112 valence electrons. The standard InChI is InChI=1S/C17H21NO3/c1-4-13-5-7-14(8-6-13)11(2)18-10-15-9-16(17(19)20)21-12(15)3/h5-9,11,18H,4,10H2,1-3H3,(H,19,20). The Bertz CT molecular complexity index is 613. The topological polar surface area (TPSA) is 62.5 Å². The zero-order valence-electron chi connectivity index (χ0n) is 12.6. The quantitative estimate of drug-likeness (QED) is 0.850. The first kappa shape index (κ1) is 15.3. The second-order valence-electron chi connectivity index (χ2n) is 5.19. The van der Waals surface area contributed by atoms with Crippen molar-refractivity contribution in [2.75, 3.05) is 0 Å². The fraction of sp³-hybridized carbons (Fsp3) is 0.353. The molecule has 1 unspecified atom stereocenters. The van der Waals surface area contributed by atoms with Gasteiger partial charge in [0.2, 0.25) is 5.76 Å². The lowest BCUT2D eigenvalue weighted by Gasteiger charge is -2.14. The molecule has 0 spiro atoms. The summed E-state index contributed by atoms with van der Waals surface area (Å²) in [5, 5.41) is 12.3. The van der Waals surface area contributed by atoms with Crippen LogP contribution in [0.5, 0.6) is 0 Å². The van der Waals surface area contributed by atoms with Crippen molar-refractivity contribution in [3.8, 4) is 0 Å². The maximum absolute atomic E-state index is 10.9. The van der Waals surface area contributed by atoms with Crippen molar-refractivity contribution in [2.45, 2.75) is 39.8 Å². The highest BCUT2D eigenvalue weighted by atomic mass is 16.4. The molecule has 1 aromatic carbocycles. The SMILES string of the molecule is CCc1ccc(C(C)NCc2cc(C(=O)O)oc2C)cc1. The van der Waals surface area contributed by atoms with Gasteiger partial charge < -0.3 is 14.8 Å². The summed E-state index contributed by atoms with van der Waals surface area (Å²) in [6, 6.07) is 10.3. The molecule has 0 fully saturated rings. The first-order valence-corrected chi connectivity index (χ1v) is 7.16. The van der Waals surface area contributed by atoms with Gasteiger partial charge in [0, 0.05) is 18.2 Å². The minimum atomic E-state index is -1.03. The van der Waals surface area contributed by atoms with E-state index in [9.17, 15) is 4.79 Å². The molecule has 0 radical (unpaired) electrons. The van der Waals surface area contributed by atoms with E-state index in [4.69, 9.17) is 9.52 Å². The molecule has 1 aromatic heterocycles. The van der Waals surface area contributed by atoms with Crippen molar-refractivity contribution < 1.29 is 14.3 Å². The zero-order valence-corrected chi connectivity index (χ0v) is 12.6. The molecule has 2 aromatic rings. The summed E-state index contributed by atoms with van der Waals surface area (Å²) in [5.74, 6) is -0.398. The average molecular weight is 287 g/mol. The van der Waals surface area contributed by atoms with Gasteiger partial charge in [-0.2, -0.15) is 0 Å². The van der Waals surface area contributed by atoms with Crippen LogP contribution >= 0.6 is 0 Å². The van der Waals surface area contributed by atoms with Crippen LogP contribution in [0.2, 0.25) is 0 Å². The summed E-state index contributed by atoms with van der Waals surface area (Å²) in [6.45, 7) is 6.59. The molecule has 0 aliphatic rings. The van der Waals surface area contributed by atoms with Crippen LogP contribution in [0.15, 0.2) is 34.7 Å². The molecule has 0 bridgehead atoms. The van der Waals surface area contributed by atoms with Crippen molar-refractivity contribution in [3.05, 3.63) is 58.5 Å². The number of benzene rings is 1. The minimum Gasteiger partial charge on any atom is -0.475 e. The number of furan rings is 1. The van der Waals surface area contributed by atoms with Crippen LogP contribution in [0.3, 0.4) is 0 Å². The number of hydrogen-bond donors (Lipinski definition) is 2. The second kappa shape index (κ2) is 6.59. The Morgan fingerprint density at radius 3 is 2.52 bits per heavy atom. The smallest absolute Gasteiger partial charge is 0.371 e. The van der Waals surface area contributed by atoms with Crippen LogP contribution in [0.4, 0.5) is 0 Å². The highest BCUT2D eigenvalue weighted by Crippen LogP contribution is 2.18. The minimum absolute atomic E-state index is 0.00995. The van der Waals surface area contributed by atoms with Gasteiger partial charge in [0.1, 0.15) is 5.76 Å². The van der Waals surface area contributed by atoms with Crippen molar-refractivity contribution in [3.63, 3.8) is 0 Å². The van der Waals surface area contributed by atoms with Crippen molar-refractivity contribution in [1.29, 1.82) is 0 Å². The highest BCUT2D eigenvalue weighted by Gasteiger charge is 2.13. The molecule has 4 heteroatoms. The number of rotatable bonds is 6. The summed E-state index contributed by atoms with van der Waals surface area (Å²) in [5.41, 5.74) is 3.42. The van der Waals surface area contributed by atoms with Crippen LogP contribution in [0.25, 0.3) is 0 Å². The molecule has 2 N–H and O–H groups in total. The van der Waals surface area contributed by atoms with E-state index in [-0.39, 0.29) is 11.8 Å². The largest absolute Gasteiger partial charge is 0.475 e. The summed E-state index contributed by atoms with van der Waals surface area (Å²) >= 11 is 0. The molecule has 0 saturated heterocycles. The number of aryl methyl sites for hydroxylation is 2. The molecular formula is C17H21NO3. The van der Waals surface area contributed by atoms with Crippen LogP contribution < -0.4 is 5.32 Å². The van der Waals surface area contributed by atoms with Crippen LogP contribution in [-0.2, 0) is 13.0 Å². The Morgan fingerprint density at radius 2 is 2.00 bits per heavy atom. The third-order valence-electron chi connectivity index (χ3n) is 3.72. The average Bonchev–Trinajstić information content (AvgIpc) is 2.86. The molecule has 21 heavy (non-hydrogen) atoms. The number of carboxylic acid groups (broad SMARTS) is 1. The van der Waals surface area contributed by atoms with Gasteiger partial charge in [-0.3, -0.25) is 0 Å². The third-order valence-corrected chi connectivity index (χ3v) is 3.72. The number of aromatic carboxylic acids is 1. The molecule has 2 rings (SSSR count). The van der Waals surface area contributed by atoms with E-state index in [1.54, 1.807) is 13.0 Å². The predicted octanol–water partition coefficient (Wildman–Crippen LogP) is 3.70. The van der Waals surface area contributed by atoms with Crippen LogP contribution in [-0.4, -0.2) is 11.1 Å². The summed E-state index contributed by atoms with van der Waals surface area (Å²) in [6.07, 6.45) is 1.04. The fourth-order valence-corrected chi connectivity index (χ4v) is 2.22. The monoisotopic (exact) mass is 287 g/mol. The fourth-order valence-electron chi connectivity index (χ4n) is 2.22.